The van der Waals surface area contributed by atoms with Crippen molar-refractivity contribution in [1.82, 2.24) is 0 Å². The number of nitrogen functional groups attached to an aromatic ring is 1. The van der Waals surface area contributed by atoms with E-state index in [4.69, 9.17) is 5.73 Å². The maximum absolute atomic E-state index is 11.1. The van der Waals surface area contributed by atoms with E-state index in [0.29, 0.717) is 4.47 Å². The Labute approximate surface area is 79.6 Å². The van der Waals surface area contributed by atoms with E-state index in [1.165, 1.54) is 6.07 Å². The first kappa shape index (κ1) is 9.54. The van der Waals surface area contributed by atoms with Crippen molar-refractivity contribution in [2.75, 3.05) is 12.0 Å². The van der Waals surface area contributed by atoms with Crippen molar-refractivity contribution < 1.29 is 8.42 Å². The zero-order chi connectivity index (χ0) is 9.35. The van der Waals surface area contributed by atoms with Gasteiger partial charge in [-0.25, -0.2) is 8.42 Å². The third-order valence-electron chi connectivity index (χ3n) is 1.38. The molecule has 0 saturated carbocycles. The van der Waals surface area contributed by atoms with E-state index in [2.05, 4.69) is 15.9 Å². The number of hydrogen-bond acceptors (Lipinski definition) is 3. The van der Waals surface area contributed by atoms with Crippen molar-refractivity contribution in [3.8, 4) is 0 Å². The second-order valence-corrected chi connectivity index (χ2v) is 5.35. The van der Waals surface area contributed by atoms with Crippen LogP contribution in [-0.4, -0.2) is 14.7 Å². The number of rotatable bonds is 1. The van der Waals surface area contributed by atoms with E-state index < -0.39 is 9.84 Å². The molecule has 0 fully saturated rings. The van der Waals surface area contributed by atoms with E-state index in [9.17, 15) is 8.42 Å². The minimum atomic E-state index is -3.21. The summed E-state index contributed by atoms with van der Waals surface area (Å²) in [4.78, 5) is 0.164. The number of nitrogens with two attached hydrogens (primary N) is 1. The van der Waals surface area contributed by atoms with Crippen molar-refractivity contribution in [2.45, 2.75) is 4.90 Å². The molecule has 3 nitrogen and oxygen atoms in total. The smallest absolute Gasteiger partial charge is 0.177 e. The summed E-state index contributed by atoms with van der Waals surface area (Å²) in [6, 6.07) is 4.75. The molecule has 0 aliphatic heterocycles. The maximum atomic E-state index is 11.1. The van der Waals surface area contributed by atoms with Gasteiger partial charge in [-0.2, -0.15) is 0 Å². The molecule has 0 aliphatic carbocycles. The highest BCUT2D eigenvalue weighted by molar-refractivity contribution is 9.10. The molecule has 66 valence electrons. The van der Waals surface area contributed by atoms with Gasteiger partial charge in [-0.05, 0) is 18.2 Å². The Hall–Kier alpha value is -0.550. The van der Waals surface area contributed by atoms with Crippen molar-refractivity contribution >= 4 is 31.5 Å². The molecule has 0 atom stereocenters. The van der Waals surface area contributed by atoms with Crippen LogP contribution in [0.5, 0.6) is 0 Å². The van der Waals surface area contributed by atoms with Crippen LogP contribution in [0.2, 0.25) is 0 Å². The predicted octanol–water partition coefficient (Wildman–Crippen LogP) is 1.43. The van der Waals surface area contributed by atoms with Crippen molar-refractivity contribution in [2.24, 2.45) is 0 Å². The average Bonchev–Trinajstić information content (AvgIpc) is 1.92. The van der Waals surface area contributed by atoms with Crippen LogP contribution < -0.4 is 5.73 Å². The number of anilines is 1. The topological polar surface area (TPSA) is 60.2 Å². The lowest BCUT2D eigenvalue weighted by Gasteiger charge is -2.02. The van der Waals surface area contributed by atoms with Crippen LogP contribution >= 0.6 is 15.9 Å². The van der Waals surface area contributed by atoms with Crippen LogP contribution in [0.25, 0.3) is 0 Å². The average molecular weight is 250 g/mol. The molecule has 2 N–H and O–H groups in total. The molecule has 0 heterocycles. The summed E-state index contributed by atoms with van der Waals surface area (Å²) in [6.07, 6.45) is 1.13. The second-order valence-electron chi connectivity index (χ2n) is 2.45. The zero-order valence-corrected chi connectivity index (χ0v) is 8.81. The molecular weight excluding hydrogens is 242 g/mol. The molecule has 1 rings (SSSR count). The fourth-order valence-corrected chi connectivity index (χ4v) is 2.18. The van der Waals surface area contributed by atoms with E-state index in [0.717, 1.165) is 6.26 Å². The Morgan fingerprint density at radius 2 is 2.00 bits per heavy atom. The Bertz CT molecular complexity index is 400. The normalized spacial score (nSPS) is 11.5. The van der Waals surface area contributed by atoms with Crippen molar-refractivity contribution in [3.63, 3.8) is 0 Å². The molecule has 0 amide bonds. The number of hydrogen-bond donors (Lipinski definition) is 1. The van der Waals surface area contributed by atoms with Gasteiger partial charge in [-0.1, -0.05) is 15.9 Å². The number of halogens is 1. The Morgan fingerprint density at radius 3 is 2.42 bits per heavy atom. The zero-order valence-electron chi connectivity index (χ0n) is 6.41. The SMILES string of the molecule is CS(=O)(=O)c1cc(Br)ccc1N. The summed E-state index contributed by atoms with van der Waals surface area (Å²) in [7, 11) is -3.21. The lowest BCUT2D eigenvalue weighted by atomic mass is 10.3. The highest BCUT2D eigenvalue weighted by Gasteiger charge is 2.10. The monoisotopic (exact) mass is 249 g/mol. The summed E-state index contributed by atoms with van der Waals surface area (Å²) < 4.78 is 22.9. The van der Waals surface area contributed by atoms with Gasteiger partial charge in [-0.15, -0.1) is 0 Å². The third-order valence-corrected chi connectivity index (χ3v) is 3.02. The molecule has 0 aromatic heterocycles. The van der Waals surface area contributed by atoms with Gasteiger partial charge in [0.15, 0.2) is 9.84 Å². The molecule has 0 radical (unpaired) electrons. The van der Waals surface area contributed by atoms with Gasteiger partial charge in [0.05, 0.1) is 10.6 Å². The van der Waals surface area contributed by atoms with Crippen LogP contribution in [-0.2, 0) is 9.84 Å². The quantitative estimate of drug-likeness (QED) is 0.767. The van der Waals surface area contributed by atoms with Crippen molar-refractivity contribution in [1.29, 1.82) is 0 Å². The molecule has 0 spiro atoms. The first-order valence-corrected chi connectivity index (χ1v) is 5.85. The van der Waals surface area contributed by atoms with Crippen LogP contribution in [0.3, 0.4) is 0 Å². The van der Waals surface area contributed by atoms with Crippen LogP contribution in [0, 0.1) is 0 Å². The first-order chi connectivity index (χ1) is 5.41. The van der Waals surface area contributed by atoms with Gasteiger partial charge in [0.2, 0.25) is 0 Å². The summed E-state index contributed by atoms with van der Waals surface area (Å²) in [5.41, 5.74) is 5.75. The lowest BCUT2D eigenvalue weighted by molar-refractivity contribution is 0.602. The van der Waals surface area contributed by atoms with E-state index >= 15 is 0 Å². The van der Waals surface area contributed by atoms with E-state index in [1.807, 2.05) is 0 Å². The predicted molar refractivity (Wildman–Crippen MR) is 51.7 cm³/mol. The standard InChI is InChI=1S/C7H8BrNO2S/c1-12(10,11)7-4-5(8)2-3-6(7)9/h2-4H,9H2,1H3. The molecule has 0 unspecified atom stereocenters. The molecule has 12 heavy (non-hydrogen) atoms. The fraction of sp³-hybridized carbons (Fsp3) is 0.143. The van der Waals surface area contributed by atoms with Crippen LogP contribution in [0.15, 0.2) is 27.6 Å². The number of benzene rings is 1. The van der Waals surface area contributed by atoms with Crippen LogP contribution in [0.1, 0.15) is 0 Å². The van der Waals surface area contributed by atoms with Crippen molar-refractivity contribution in [3.05, 3.63) is 22.7 Å². The van der Waals surface area contributed by atoms with E-state index in [1.54, 1.807) is 12.1 Å². The van der Waals surface area contributed by atoms with E-state index in [-0.39, 0.29) is 10.6 Å². The van der Waals surface area contributed by atoms with Gasteiger partial charge < -0.3 is 5.73 Å². The lowest BCUT2D eigenvalue weighted by Crippen LogP contribution is -2.01. The maximum Gasteiger partial charge on any atom is 0.177 e. The highest BCUT2D eigenvalue weighted by Crippen LogP contribution is 2.22. The van der Waals surface area contributed by atoms with Gasteiger partial charge in [0, 0.05) is 10.7 Å². The van der Waals surface area contributed by atoms with Crippen LogP contribution in [0.4, 0.5) is 5.69 Å². The molecule has 0 bridgehead atoms. The number of sulfone groups is 1. The molecule has 5 heteroatoms. The molecular formula is C7H8BrNO2S. The minimum Gasteiger partial charge on any atom is -0.398 e. The molecule has 1 aromatic rings. The summed E-state index contributed by atoms with van der Waals surface area (Å²) in [5, 5.41) is 0. The summed E-state index contributed by atoms with van der Waals surface area (Å²) in [6.45, 7) is 0. The molecule has 1 aromatic carbocycles. The van der Waals surface area contributed by atoms with Gasteiger partial charge in [-0.3, -0.25) is 0 Å². The third kappa shape index (κ3) is 1.98. The first-order valence-electron chi connectivity index (χ1n) is 3.16. The Kier molecular flexibility index (Phi) is 2.44. The van der Waals surface area contributed by atoms with Gasteiger partial charge in [0.1, 0.15) is 0 Å². The second kappa shape index (κ2) is 3.06. The summed E-state index contributed by atoms with van der Waals surface area (Å²) in [5.74, 6) is 0. The molecule has 0 saturated heterocycles. The van der Waals surface area contributed by atoms with Gasteiger partial charge in [0.25, 0.3) is 0 Å². The highest BCUT2D eigenvalue weighted by atomic mass is 79.9. The van der Waals surface area contributed by atoms with Gasteiger partial charge >= 0.3 is 0 Å². The molecule has 0 aliphatic rings. The minimum absolute atomic E-state index is 0.164. The fourth-order valence-electron chi connectivity index (χ4n) is 0.829. The Morgan fingerprint density at radius 1 is 1.42 bits per heavy atom. The largest absolute Gasteiger partial charge is 0.398 e. The Balaban J connectivity index is 3.43. The summed E-state index contributed by atoms with van der Waals surface area (Å²) >= 11 is 3.17.